The van der Waals surface area contributed by atoms with Crippen LogP contribution in [0.1, 0.15) is 11.1 Å². The van der Waals surface area contributed by atoms with Crippen LogP contribution < -0.4 is 4.74 Å². The van der Waals surface area contributed by atoms with Gasteiger partial charge >= 0.3 is 0 Å². The maximum atomic E-state index is 13.2. The van der Waals surface area contributed by atoms with E-state index in [1.807, 2.05) is 37.4 Å². The van der Waals surface area contributed by atoms with Crippen LogP contribution in [0.4, 0.5) is 4.39 Å². The predicted octanol–water partition coefficient (Wildman–Crippen LogP) is 4.19. The lowest BCUT2D eigenvalue weighted by molar-refractivity contribution is 0.307. The molecule has 0 unspecified atom stereocenters. The summed E-state index contributed by atoms with van der Waals surface area (Å²) in [6.07, 6.45) is 1.86. The smallest absolute Gasteiger partial charge is 0.123 e. The molecule has 1 aromatic heterocycles. The van der Waals surface area contributed by atoms with E-state index >= 15 is 0 Å². The monoisotopic (exact) mass is 255 g/mol. The van der Waals surface area contributed by atoms with Gasteiger partial charge in [0.2, 0.25) is 0 Å². The van der Waals surface area contributed by atoms with Gasteiger partial charge in [0.15, 0.2) is 0 Å². The Bertz CT molecular complexity index is 700. The van der Waals surface area contributed by atoms with Crippen molar-refractivity contribution in [1.29, 1.82) is 0 Å². The number of benzene rings is 2. The molecule has 1 N–H and O–H groups in total. The van der Waals surface area contributed by atoms with Crippen molar-refractivity contribution in [2.75, 3.05) is 0 Å². The highest BCUT2D eigenvalue weighted by Gasteiger charge is 2.05. The minimum atomic E-state index is -0.233. The van der Waals surface area contributed by atoms with Gasteiger partial charge in [-0.3, -0.25) is 0 Å². The number of rotatable bonds is 3. The Morgan fingerprint density at radius 2 is 1.89 bits per heavy atom. The molecule has 0 aliphatic heterocycles. The molecule has 0 radical (unpaired) electrons. The van der Waals surface area contributed by atoms with E-state index in [-0.39, 0.29) is 5.82 Å². The summed E-state index contributed by atoms with van der Waals surface area (Å²) in [4.78, 5) is 3.11. The van der Waals surface area contributed by atoms with Crippen molar-refractivity contribution < 1.29 is 9.13 Å². The van der Waals surface area contributed by atoms with Crippen LogP contribution in [0, 0.1) is 12.7 Å². The Kier molecular flexibility index (Phi) is 2.95. The fraction of sp³-hybridized carbons (Fsp3) is 0.125. The third-order valence-corrected chi connectivity index (χ3v) is 3.14. The van der Waals surface area contributed by atoms with E-state index < -0.39 is 0 Å². The topological polar surface area (TPSA) is 25.0 Å². The van der Waals surface area contributed by atoms with E-state index in [9.17, 15) is 4.39 Å². The zero-order chi connectivity index (χ0) is 13.2. The van der Waals surface area contributed by atoms with Gasteiger partial charge in [-0.15, -0.1) is 0 Å². The molecule has 0 spiro atoms. The van der Waals surface area contributed by atoms with Crippen LogP contribution in [-0.4, -0.2) is 4.98 Å². The second-order valence-electron chi connectivity index (χ2n) is 4.61. The molecule has 0 aliphatic rings. The van der Waals surface area contributed by atoms with Crippen LogP contribution in [0.15, 0.2) is 48.7 Å². The van der Waals surface area contributed by atoms with Gasteiger partial charge in [-0.2, -0.15) is 0 Å². The van der Waals surface area contributed by atoms with Gasteiger partial charge < -0.3 is 9.72 Å². The van der Waals surface area contributed by atoms with E-state index in [2.05, 4.69) is 4.98 Å². The number of aromatic nitrogens is 1. The van der Waals surface area contributed by atoms with Gasteiger partial charge in [-0.05, 0) is 37.3 Å². The molecule has 1 heterocycles. The van der Waals surface area contributed by atoms with Crippen molar-refractivity contribution in [1.82, 2.24) is 4.98 Å². The standard InChI is InChI=1S/C16H14FNO/c1-11-2-5-14(6-3-11)19-10-12-9-18-16-7-4-13(17)8-15(12)16/h2-9,18H,10H2,1H3. The Hall–Kier alpha value is -2.29. The van der Waals surface area contributed by atoms with Crippen LogP contribution in [-0.2, 0) is 6.61 Å². The lowest BCUT2D eigenvalue weighted by Gasteiger charge is -2.05. The van der Waals surface area contributed by atoms with E-state index in [0.29, 0.717) is 6.61 Å². The first-order valence-corrected chi connectivity index (χ1v) is 6.17. The highest BCUT2D eigenvalue weighted by atomic mass is 19.1. The molecule has 0 saturated heterocycles. The summed E-state index contributed by atoms with van der Waals surface area (Å²) in [6, 6.07) is 12.6. The summed E-state index contributed by atoms with van der Waals surface area (Å²) < 4.78 is 19.0. The maximum Gasteiger partial charge on any atom is 0.123 e. The van der Waals surface area contributed by atoms with Crippen molar-refractivity contribution in [3.8, 4) is 5.75 Å². The fourth-order valence-electron chi connectivity index (χ4n) is 2.07. The molecule has 0 bridgehead atoms. The number of fused-ring (bicyclic) bond motifs is 1. The van der Waals surface area contributed by atoms with Gasteiger partial charge in [0, 0.05) is 22.7 Å². The number of aromatic amines is 1. The Morgan fingerprint density at radius 1 is 1.11 bits per heavy atom. The average Bonchev–Trinajstić information content (AvgIpc) is 2.80. The van der Waals surface area contributed by atoms with Gasteiger partial charge in [-0.1, -0.05) is 17.7 Å². The predicted molar refractivity (Wildman–Crippen MR) is 73.8 cm³/mol. The normalized spacial score (nSPS) is 10.8. The number of halogens is 1. The summed E-state index contributed by atoms with van der Waals surface area (Å²) >= 11 is 0. The zero-order valence-corrected chi connectivity index (χ0v) is 10.6. The van der Waals surface area contributed by atoms with Crippen molar-refractivity contribution in [3.05, 3.63) is 65.6 Å². The second kappa shape index (κ2) is 4.76. The number of ether oxygens (including phenoxy) is 1. The van der Waals surface area contributed by atoms with Crippen LogP contribution in [0.2, 0.25) is 0 Å². The number of aryl methyl sites for hydroxylation is 1. The minimum absolute atomic E-state index is 0.233. The number of hydrogen-bond donors (Lipinski definition) is 1. The lowest BCUT2D eigenvalue weighted by atomic mass is 10.2. The molecular formula is C16H14FNO. The molecule has 0 amide bonds. The minimum Gasteiger partial charge on any atom is -0.489 e. The Labute approximate surface area is 110 Å². The molecule has 3 aromatic rings. The maximum absolute atomic E-state index is 13.2. The molecule has 2 aromatic carbocycles. The van der Waals surface area contributed by atoms with Crippen LogP contribution in [0.25, 0.3) is 10.9 Å². The molecule has 2 nitrogen and oxygen atoms in total. The van der Waals surface area contributed by atoms with E-state index in [4.69, 9.17) is 4.74 Å². The zero-order valence-electron chi connectivity index (χ0n) is 10.6. The van der Waals surface area contributed by atoms with Crippen molar-refractivity contribution in [2.24, 2.45) is 0 Å². The van der Waals surface area contributed by atoms with Crippen LogP contribution in [0.5, 0.6) is 5.75 Å². The quantitative estimate of drug-likeness (QED) is 0.745. The summed E-state index contributed by atoms with van der Waals surface area (Å²) in [5.74, 6) is 0.583. The average molecular weight is 255 g/mol. The Balaban J connectivity index is 1.81. The summed E-state index contributed by atoms with van der Waals surface area (Å²) in [5, 5.41) is 0.868. The number of hydrogen-bond acceptors (Lipinski definition) is 1. The van der Waals surface area contributed by atoms with Crippen molar-refractivity contribution in [3.63, 3.8) is 0 Å². The van der Waals surface area contributed by atoms with E-state index in [1.165, 1.54) is 17.7 Å². The van der Waals surface area contributed by atoms with E-state index in [1.54, 1.807) is 6.07 Å². The first kappa shape index (κ1) is 11.8. The van der Waals surface area contributed by atoms with Crippen LogP contribution in [0.3, 0.4) is 0 Å². The summed E-state index contributed by atoms with van der Waals surface area (Å²) in [5.41, 5.74) is 3.07. The lowest BCUT2D eigenvalue weighted by Crippen LogP contribution is -1.94. The van der Waals surface area contributed by atoms with Crippen molar-refractivity contribution >= 4 is 10.9 Å². The molecule has 3 heteroatoms. The molecule has 0 fully saturated rings. The third kappa shape index (κ3) is 2.45. The highest BCUT2D eigenvalue weighted by Crippen LogP contribution is 2.21. The van der Waals surface area contributed by atoms with E-state index in [0.717, 1.165) is 22.2 Å². The van der Waals surface area contributed by atoms with Gasteiger partial charge in [0.1, 0.15) is 18.2 Å². The van der Waals surface area contributed by atoms with Crippen LogP contribution >= 0.6 is 0 Å². The Morgan fingerprint density at radius 3 is 2.68 bits per heavy atom. The van der Waals surface area contributed by atoms with Gasteiger partial charge in [-0.25, -0.2) is 4.39 Å². The molecule has 3 rings (SSSR count). The fourth-order valence-corrected chi connectivity index (χ4v) is 2.07. The van der Waals surface area contributed by atoms with Gasteiger partial charge in [0.05, 0.1) is 0 Å². The number of H-pyrrole nitrogens is 1. The number of nitrogens with one attached hydrogen (secondary N) is 1. The SMILES string of the molecule is Cc1ccc(OCc2c[nH]c3ccc(F)cc23)cc1. The largest absolute Gasteiger partial charge is 0.489 e. The molecule has 0 aliphatic carbocycles. The highest BCUT2D eigenvalue weighted by molar-refractivity contribution is 5.83. The third-order valence-electron chi connectivity index (χ3n) is 3.14. The molecule has 0 atom stereocenters. The second-order valence-corrected chi connectivity index (χ2v) is 4.61. The first-order chi connectivity index (χ1) is 9.22. The first-order valence-electron chi connectivity index (χ1n) is 6.17. The van der Waals surface area contributed by atoms with Crippen molar-refractivity contribution in [2.45, 2.75) is 13.5 Å². The molecule has 0 saturated carbocycles. The molecular weight excluding hydrogens is 241 g/mol. The summed E-state index contributed by atoms with van der Waals surface area (Å²) in [7, 11) is 0. The van der Waals surface area contributed by atoms with Gasteiger partial charge in [0.25, 0.3) is 0 Å². The summed E-state index contributed by atoms with van der Waals surface area (Å²) in [6.45, 7) is 2.46. The molecule has 96 valence electrons. The molecule has 19 heavy (non-hydrogen) atoms.